The minimum Gasteiger partial charge on any atom is -0.497 e. The molecular weight excluding hydrogens is 222 g/mol. The molecule has 0 spiro atoms. The molecule has 0 saturated carbocycles. The largest absolute Gasteiger partial charge is 0.497 e. The number of aliphatic carboxylic acids is 1. The summed E-state index contributed by atoms with van der Waals surface area (Å²) in [7, 11) is 1.55. The Balaban J connectivity index is 2.46. The summed E-state index contributed by atoms with van der Waals surface area (Å²) in [6.45, 7) is 1.37. The van der Waals surface area contributed by atoms with Gasteiger partial charge in [-0.3, -0.25) is 9.69 Å². The molecule has 1 heterocycles. The molecule has 17 heavy (non-hydrogen) atoms. The van der Waals surface area contributed by atoms with E-state index in [4.69, 9.17) is 9.84 Å². The van der Waals surface area contributed by atoms with E-state index < -0.39 is 12.0 Å². The number of carbonyl (C=O) groups excluding carboxylic acids is 1. The minimum atomic E-state index is -0.990. The molecule has 0 aliphatic carbocycles. The van der Waals surface area contributed by atoms with Crippen LogP contribution < -0.4 is 9.64 Å². The summed E-state index contributed by atoms with van der Waals surface area (Å²) in [5.41, 5.74) is 1.48. The van der Waals surface area contributed by atoms with Crippen LogP contribution in [0.2, 0.25) is 0 Å². The zero-order chi connectivity index (χ0) is 12.6. The second kappa shape index (κ2) is 4.08. The number of carboxylic acid groups (broad SMARTS) is 1. The lowest BCUT2D eigenvalue weighted by atomic mass is 10.1. The first-order valence-electron chi connectivity index (χ1n) is 5.24. The van der Waals surface area contributed by atoms with E-state index in [0.29, 0.717) is 17.9 Å². The SMILES string of the molecule is COc1ccc2c(c1)CC(C(=O)O)N2C(C)=O. The first-order valence-corrected chi connectivity index (χ1v) is 5.24. The first kappa shape index (κ1) is 11.4. The van der Waals surface area contributed by atoms with Gasteiger partial charge in [0.15, 0.2) is 0 Å². The Morgan fingerprint density at radius 1 is 1.47 bits per heavy atom. The number of anilines is 1. The standard InChI is InChI=1S/C12H13NO4/c1-7(14)13-10-4-3-9(17-2)5-8(10)6-11(13)12(15)16/h3-5,11H,6H2,1-2H3,(H,15,16). The van der Waals surface area contributed by atoms with Crippen molar-refractivity contribution >= 4 is 17.6 Å². The van der Waals surface area contributed by atoms with Gasteiger partial charge in [0, 0.05) is 19.0 Å². The van der Waals surface area contributed by atoms with Crippen molar-refractivity contribution in [1.29, 1.82) is 0 Å². The normalized spacial score (nSPS) is 17.8. The van der Waals surface area contributed by atoms with E-state index in [1.54, 1.807) is 25.3 Å². The molecule has 0 aromatic heterocycles. The van der Waals surface area contributed by atoms with Crippen molar-refractivity contribution in [3.05, 3.63) is 23.8 Å². The quantitative estimate of drug-likeness (QED) is 0.832. The third-order valence-electron chi connectivity index (χ3n) is 2.90. The van der Waals surface area contributed by atoms with E-state index in [2.05, 4.69) is 0 Å². The van der Waals surface area contributed by atoms with Gasteiger partial charge in [0.05, 0.1) is 7.11 Å². The molecule has 1 aromatic carbocycles. The van der Waals surface area contributed by atoms with E-state index in [1.807, 2.05) is 0 Å². The van der Waals surface area contributed by atoms with Crippen molar-refractivity contribution < 1.29 is 19.4 Å². The number of carboxylic acids is 1. The van der Waals surface area contributed by atoms with E-state index >= 15 is 0 Å². The third kappa shape index (κ3) is 1.84. The second-order valence-electron chi connectivity index (χ2n) is 3.94. The Bertz CT molecular complexity index is 483. The number of ether oxygens (including phenoxy) is 1. The Kier molecular flexibility index (Phi) is 2.75. The van der Waals surface area contributed by atoms with Crippen molar-refractivity contribution in [3.63, 3.8) is 0 Å². The van der Waals surface area contributed by atoms with E-state index in [9.17, 15) is 9.59 Å². The lowest BCUT2D eigenvalue weighted by Crippen LogP contribution is -2.41. The second-order valence-corrected chi connectivity index (χ2v) is 3.94. The van der Waals surface area contributed by atoms with Gasteiger partial charge in [-0.2, -0.15) is 0 Å². The molecular formula is C12H13NO4. The topological polar surface area (TPSA) is 66.8 Å². The zero-order valence-corrected chi connectivity index (χ0v) is 9.64. The van der Waals surface area contributed by atoms with Gasteiger partial charge < -0.3 is 9.84 Å². The number of hydrogen-bond donors (Lipinski definition) is 1. The molecule has 1 N–H and O–H groups in total. The van der Waals surface area contributed by atoms with Crippen LogP contribution in [0.15, 0.2) is 18.2 Å². The summed E-state index contributed by atoms with van der Waals surface area (Å²) in [6, 6.07) is 4.40. The Labute approximate surface area is 98.6 Å². The molecule has 0 fully saturated rings. The summed E-state index contributed by atoms with van der Waals surface area (Å²) in [5, 5.41) is 9.11. The molecule has 2 rings (SSSR count). The number of rotatable bonds is 2. The maximum absolute atomic E-state index is 11.5. The molecule has 1 aliphatic rings. The van der Waals surface area contributed by atoms with Gasteiger partial charge in [0.25, 0.3) is 0 Å². The molecule has 1 amide bonds. The molecule has 90 valence electrons. The number of nitrogens with zero attached hydrogens (tertiary/aromatic N) is 1. The number of fused-ring (bicyclic) bond motifs is 1. The number of amides is 1. The molecule has 1 unspecified atom stereocenters. The van der Waals surface area contributed by atoms with Gasteiger partial charge in [0.1, 0.15) is 11.8 Å². The van der Waals surface area contributed by atoms with Crippen LogP contribution in [0.25, 0.3) is 0 Å². The average Bonchev–Trinajstić information content (AvgIpc) is 2.66. The average molecular weight is 235 g/mol. The predicted molar refractivity (Wildman–Crippen MR) is 61.3 cm³/mol. The number of carbonyl (C=O) groups is 2. The summed E-state index contributed by atoms with van der Waals surface area (Å²) < 4.78 is 5.08. The predicted octanol–water partition coefficient (Wildman–Crippen LogP) is 1.06. The summed E-state index contributed by atoms with van der Waals surface area (Å²) >= 11 is 0. The van der Waals surface area contributed by atoms with Crippen LogP contribution in [-0.2, 0) is 16.0 Å². The van der Waals surface area contributed by atoms with E-state index in [1.165, 1.54) is 11.8 Å². The Morgan fingerprint density at radius 2 is 2.18 bits per heavy atom. The van der Waals surface area contributed by atoms with Crippen LogP contribution in [0, 0.1) is 0 Å². The fraction of sp³-hybridized carbons (Fsp3) is 0.333. The molecule has 1 aliphatic heterocycles. The van der Waals surface area contributed by atoms with Gasteiger partial charge in [0.2, 0.25) is 5.91 Å². The van der Waals surface area contributed by atoms with Crippen LogP contribution >= 0.6 is 0 Å². The molecule has 0 saturated heterocycles. The number of methoxy groups -OCH3 is 1. The molecule has 1 aromatic rings. The molecule has 1 atom stereocenters. The zero-order valence-electron chi connectivity index (χ0n) is 9.64. The molecule has 5 nitrogen and oxygen atoms in total. The molecule has 0 bridgehead atoms. The molecule has 5 heteroatoms. The smallest absolute Gasteiger partial charge is 0.327 e. The summed E-state index contributed by atoms with van der Waals surface area (Å²) in [5.74, 6) is -0.588. The van der Waals surface area contributed by atoms with Gasteiger partial charge in [-0.1, -0.05) is 0 Å². The van der Waals surface area contributed by atoms with Crippen LogP contribution in [0.1, 0.15) is 12.5 Å². The lowest BCUT2D eigenvalue weighted by Gasteiger charge is -2.20. The van der Waals surface area contributed by atoms with Crippen molar-refractivity contribution in [2.45, 2.75) is 19.4 Å². The van der Waals surface area contributed by atoms with Crippen molar-refractivity contribution in [1.82, 2.24) is 0 Å². The highest BCUT2D eigenvalue weighted by Crippen LogP contribution is 2.34. The van der Waals surface area contributed by atoms with Crippen LogP contribution in [0.3, 0.4) is 0 Å². The summed E-state index contributed by atoms with van der Waals surface area (Å²) in [6.07, 6.45) is 0.321. The van der Waals surface area contributed by atoms with E-state index in [-0.39, 0.29) is 5.91 Å². The van der Waals surface area contributed by atoms with Crippen LogP contribution in [0.4, 0.5) is 5.69 Å². The van der Waals surface area contributed by atoms with Gasteiger partial charge in [-0.05, 0) is 23.8 Å². The monoisotopic (exact) mass is 235 g/mol. The van der Waals surface area contributed by atoms with Crippen molar-refractivity contribution in [3.8, 4) is 5.75 Å². The van der Waals surface area contributed by atoms with Gasteiger partial charge in [-0.25, -0.2) is 4.79 Å². The van der Waals surface area contributed by atoms with Gasteiger partial charge in [-0.15, -0.1) is 0 Å². The van der Waals surface area contributed by atoms with E-state index in [0.717, 1.165) is 5.56 Å². The van der Waals surface area contributed by atoms with Crippen molar-refractivity contribution in [2.75, 3.05) is 12.0 Å². The molecule has 0 radical (unpaired) electrons. The van der Waals surface area contributed by atoms with Crippen LogP contribution in [-0.4, -0.2) is 30.1 Å². The summed E-state index contributed by atoms with van der Waals surface area (Å²) in [4.78, 5) is 23.9. The minimum absolute atomic E-state index is 0.263. The highest BCUT2D eigenvalue weighted by molar-refractivity contribution is 6.00. The van der Waals surface area contributed by atoms with Crippen LogP contribution in [0.5, 0.6) is 5.75 Å². The maximum atomic E-state index is 11.5. The Hall–Kier alpha value is -2.04. The fourth-order valence-electron chi connectivity index (χ4n) is 2.14. The lowest BCUT2D eigenvalue weighted by molar-refractivity contribution is -0.139. The van der Waals surface area contributed by atoms with Gasteiger partial charge >= 0.3 is 5.97 Å². The third-order valence-corrected chi connectivity index (χ3v) is 2.90. The number of hydrogen-bond acceptors (Lipinski definition) is 3. The Morgan fingerprint density at radius 3 is 2.71 bits per heavy atom. The highest BCUT2D eigenvalue weighted by atomic mass is 16.5. The maximum Gasteiger partial charge on any atom is 0.327 e. The first-order chi connectivity index (χ1) is 8.04. The fourth-order valence-corrected chi connectivity index (χ4v) is 2.14. The highest BCUT2D eigenvalue weighted by Gasteiger charge is 2.36. The van der Waals surface area contributed by atoms with Crippen molar-refractivity contribution in [2.24, 2.45) is 0 Å². The number of benzene rings is 1.